The second kappa shape index (κ2) is 7.92. The molecule has 1 N–H and O–H groups in total. The van der Waals surface area contributed by atoms with Crippen LogP contribution >= 0.6 is 0 Å². The van der Waals surface area contributed by atoms with Gasteiger partial charge in [-0.2, -0.15) is 0 Å². The fourth-order valence-corrected chi connectivity index (χ4v) is 3.17. The number of nitrogens with zero attached hydrogens (tertiary/aromatic N) is 2. The lowest BCUT2D eigenvalue weighted by Gasteiger charge is -2.34. The third kappa shape index (κ3) is 4.95. The molecule has 3 rings (SSSR count). The molecule has 27 heavy (non-hydrogen) atoms. The highest BCUT2D eigenvalue weighted by molar-refractivity contribution is 6.01. The molecule has 1 heterocycles. The molecule has 2 amide bonds. The van der Waals surface area contributed by atoms with Crippen molar-refractivity contribution in [3.8, 4) is 0 Å². The quantitative estimate of drug-likeness (QED) is 0.885. The average molecular weight is 366 g/mol. The van der Waals surface area contributed by atoms with Gasteiger partial charge in [0.15, 0.2) is 0 Å². The highest BCUT2D eigenvalue weighted by Crippen LogP contribution is 2.19. The van der Waals surface area contributed by atoms with Gasteiger partial charge in [0.25, 0.3) is 5.91 Å². The number of rotatable bonds is 5. The number of carbonyl (C=O) groups excluding carboxylic acids is 2. The predicted octanol–water partition coefficient (Wildman–Crippen LogP) is 2.88. The van der Waals surface area contributed by atoms with Crippen molar-refractivity contribution in [2.24, 2.45) is 0 Å². The minimum atomic E-state index is -0.701. The first-order valence-corrected chi connectivity index (χ1v) is 9.29. The Balaban J connectivity index is 1.61. The third-order valence-electron chi connectivity index (χ3n) is 4.80. The van der Waals surface area contributed by atoms with Gasteiger partial charge in [0.05, 0.1) is 5.60 Å². The van der Waals surface area contributed by atoms with E-state index in [2.05, 4.69) is 0 Å². The van der Waals surface area contributed by atoms with Crippen LogP contribution in [0.25, 0.3) is 0 Å². The van der Waals surface area contributed by atoms with Gasteiger partial charge < -0.3 is 14.9 Å². The first-order chi connectivity index (χ1) is 12.8. The number of aliphatic hydroxyl groups is 1. The SMILES string of the molecule is CC(C)(O)CCc1ccc(C(=O)N2CCN(c3ccccc3)C(=O)C2)cc1. The molecular formula is C22H26N2O3. The molecule has 2 aromatic rings. The van der Waals surface area contributed by atoms with Crippen LogP contribution in [0.1, 0.15) is 36.2 Å². The number of anilines is 1. The average Bonchev–Trinajstić information content (AvgIpc) is 2.66. The smallest absolute Gasteiger partial charge is 0.254 e. The normalized spacial score (nSPS) is 15.1. The van der Waals surface area contributed by atoms with E-state index in [-0.39, 0.29) is 18.4 Å². The van der Waals surface area contributed by atoms with E-state index in [0.717, 1.165) is 17.7 Å². The first kappa shape index (κ1) is 19.1. The van der Waals surface area contributed by atoms with Crippen LogP contribution in [0.3, 0.4) is 0 Å². The molecule has 0 saturated carbocycles. The molecule has 1 aliphatic heterocycles. The van der Waals surface area contributed by atoms with E-state index < -0.39 is 5.60 Å². The number of hydrogen-bond donors (Lipinski definition) is 1. The molecule has 5 nitrogen and oxygen atoms in total. The van der Waals surface area contributed by atoms with E-state index in [9.17, 15) is 14.7 Å². The Hall–Kier alpha value is -2.66. The van der Waals surface area contributed by atoms with Crippen LogP contribution in [-0.4, -0.2) is 47.1 Å². The third-order valence-corrected chi connectivity index (χ3v) is 4.80. The number of piperazine rings is 1. The van der Waals surface area contributed by atoms with Crippen molar-refractivity contribution in [3.05, 3.63) is 65.7 Å². The Labute approximate surface area is 160 Å². The molecule has 0 bridgehead atoms. The van der Waals surface area contributed by atoms with Crippen LogP contribution in [0.15, 0.2) is 54.6 Å². The van der Waals surface area contributed by atoms with Gasteiger partial charge in [-0.05, 0) is 56.5 Å². The van der Waals surface area contributed by atoms with Crippen molar-refractivity contribution in [1.29, 1.82) is 0 Å². The van der Waals surface area contributed by atoms with Crippen LogP contribution in [0.4, 0.5) is 5.69 Å². The van der Waals surface area contributed by atoms with Crippen LogP contribution in [0.5, 0.6) is 0 Å². The summed E-state index contributed by atoms with van der Waals surface area (Å²) in [6, 6.07) is 17.0. The molecule has 1 saturated heterocycles. The maximum atomic E-state index is 12.7. The summed E-state index contributed by atoms with van der Waals surface area (Å²) >= 11 is 0. The minimum Gasteiger partial charge on any atom is -0.390 e. The number of para-hydroxylation sites is 1. The monoisotopic (exact) mass is 366 g/mol. The van der Waals surface area contributed by atoms with Gasteiger partial charge in [0.2, 0.25) is 5.91 Å². The molecule has 0 spiro atoms. The summed E-state index contributed by atoms with van der Waals surface area (Å²) in [5.41, 5.74) is 1.83. The van der Waals surface area contributed by atoms with E-state index in [0.29, 0.717) is 25.1 Å². The molecule has 0 unspecified atom stereocenters. The summed E-state index contributed by atoms with van der Waals surface area (Å²) in [4.78, 5) is 28.5. The van der Waals surface area contributed by atoms with Crippen LogP contribution < -0.4 is 4.90 Å². The Kier molecular flexibility index (Phi) is 5.61. The Morgan fingerprint density at radius 1 is 1.04 bits per heavy atom. The van der Waals surface area contributed by atoms with Crippen molar-refractivity contribution in [3.63, 3.8) is 0 Å². The fourth-order valence-electron chi connectivity index (χ4n) is 3.17. The summed E-state index contributed by atoms with van der Waals surface area (Å²) in [6.45, 7) is 4.68. The zero-order chi connectivity index (χ0) is 19.4. The molecule has 1 fully saturated rings. The van der Waals surface area contributed by atoms with Crippen LogP contribution in [0, 0.1) is 0 Å². The fraction of sp³-hybridized carbons (Fsp3) is 0.364. The Bertz CT molecular complexity index is 795. The number of amides is 2. The van der Waals surface area contributed by atoms with Crippen molar-refractivity contribution in [2.45, 2.75) is 32.3 Å². The van der Waals surface area contributed by atoms with Crippen LogP contribution in [-0.2, 0) is 11.2 Å². The minimum absolute atomic E-state index is 0.0670. The summed E-state index contributed by atoms with van der Waals surface area (Å²) in [6.07, 6.45) is 1.42. The van der Waals surface area contributed by atoms with Crippen molar-refractivity contribution < 1.29 is 14.7 Å². The van der Waals surface area contributed by atoms with Crippen molar-refractivity contribution in [1.82, 2.24) is 4.90 Å². The summed E-state index contributed by atoms with van der Waals surface area (Å²) in [5, 5.41) is 9.82. The van der Waals surface area contributed by atoms with Crippen LogP contribution in [0.2, 0.25) is 0 Å². The zero-order valence-corrected chi connectivity index (χ0v) is 15.9. The molecule has 1 aliphatic rings. The van der Waals surface area contributed by atoms with E-state index >= 15 is 0 Å². The molecule has 0 aromatic heterocycles. The van der Waals surface area contributed by atoms with Crippen molar-refractivity contribution in [2.75, 3.05) is 24.5 Å². The van der Waals surface area contributed by atoms with Crippen molar-refractivity contribution >= 4 is 17.5 Å². The molecule has 5 heteroatoms. The number of benzene rings is 2. The lowest BCUT2D eigenvalue weighted by molar-refractivity contribution is -0.120. The maximum Gasteiger partial charge on any atom is 0.254 e. The number of aryl methyl sites for hydroxylation is 1. The number of hydrogen-bond acceptors (Lipinski definition) is 3. The van der Waals surface area contributed by atoms with Gasteiger partial charge in [0.1, 0.15) is 6.54 Å². The highest BCUT2D eigenvalue weighted by Gasteiger charge is 2.28. The van der Waals surface area contributed by atoms with Gasteiger partial charge in [-0.25, -0.2) is 0 Å². The largest absolute Gasteiger partial charge is 0.390 e. The van der Waals surface area contributed by atoms with E-state index in [4.69, 9.17) is 0 Å². The first-order valence-electron chi connectivity index (χ1n) is 9.29. The Morgan fingerprint density at radius 3 is 2.30 bits per heavy atom. The van der Waals surface area contributed by atoms with Gasteiger partial charge in [-0.3, -0.25) is 9.59 Å². The topological polar surface area (TPSA) is 60.9 Å². The predicted molar refractivity (Wildman–Crippen MR) is 106 cm³/mol. The number of carbonyl (C=O) groups is 2. The van der Waals surface area contributed by atoms with Gasteiger partial charge in [-0.1, -0.05) is 30.3 Å². The molecule has 0 aliphatic carbocycles. The van der Waals surface area contributed by atoms with Gasteiger partial charge >= 0.3 is 0 Å². The summed E-state index contributed by atoms with van der Waals surface area (Å²) in [7, 11) is 0. The van der Waals surface area contributed by atoms with Gasteiger partial charge in [-0.15, -0.1) is 0 Å². The lowest BCUT2D eigenvalue weighted by atomic mass is 9.98. The molecule has 0 radical (unpaired) electrons. The lowest BCUT2D eigenvalue weighted by Crippen LogP contribution is -2.52. The highest BCUT2D eigenvalue weighted by atomic mass is 16.3. The Morgan fingerprint density at radius 2 is 1.70 bits per heavy atom. The maximum absolute atomic E-state index is 12.7. The zero-order valence-electron chi connectivity index (χ0n) is 15.9. The van der Waals surface area contributed by atoms with E-state index in [1.807, 2.05) is 42.5 Å². The molecule has 0 atom stereocenters. The summed E-state index contributed by atoms with van der Waals surface area (Å²) in [5.74, 6) is -0.187. The summed E-state index contributed by atoms with van der Waals surface area (Å²) < 4.78 is 0. The van der Waals surface area contributed by atoms with E-state index in [1.54, 1.807) is 35.8 Å². The second-order valence-electron chi connectivity index (χ2n) is 7.62. The van der Waals surface area contributed by atoms with E-state index in [1.165, 1.54) is 0 Å². The molecular weight excluding hydrogens is 340 g/mol. The second-order valence-corrected chi connectivity index (χ2v) is 7.62. The molecule has 2 aromatic carbocycles. The van der Waals surface area contributed by atoms with Gasteiger partial charge in [0, 0.05) is 24.3 Å². The standard InChI is InChI=1S/C22H26N2O3/c1-22(2,27)13-12-17-8-10-18(11-9-17)21(26)23-14-15-24(20(25)16-23)19-6-4-3-5-7-19/h3-11,27H,12-16H2,1-2H3. The molecule has 142 valence electrons.